The van der Waals surface area contributed by atoms with Crippen LogP contribution in [0.1, 0.15) is 53.4 Å². The predicted molar refractivity (Wildman–Crippen MR) is 78.3 cm³/mol. The average Bonchev–Trinajstić information content (AvgIpc) is 2.34. The van der Waals surface area contributed by atoms with Crippen LogP contribution in [0.15, 0.2) is 0 Å². The molecule has 0 aromatic heterocycles. The minimum atomic E-state index is 0.160. The Hall–Kier alpha value is -1.08. The summed E-state index contributed by atoms with van der Waals surface area (Å²) in [6.45, 7) is 9.57. The maximum Gasteiger partial charge on any atom is 0.222 e. The molecule has 0 bridgehead atoms. The van der Waals surface area contributed by atoms with E-state index in [2.05, 4.69) is 19.9 Å². The lowest BCUT2D eigenvalue weighted by atomic mass is 9.88. The summed E-state index contributed by atoms with van der Waals surface area (Å²) in [5.41, 5.74) is 5.62. The van der Waals surface area contributed by atoms with Crippen molar-refractivity contribution in [1.82, 2.24) is 4.90 Å². The summed E-state index contributed by atoms with van der Waals surface area (Å²) in [6, 6.07) is 2.26. The molecule has 0 spiro atoms. The molecule has 4 heteroatoms. The van der Waals surface area contributed by atoms with Crippen LogP contribution in [0.2, 0.25) is 0 Å². The molecule has 0 radical (unpaired) electrons. The van der Waals surface area contributed by atoms with E-state index in [9.17, 15) is 4.79 Å². The molecule has 0 rings (SSSR count). The van der Waals surface area contributed by atoms with Crippen LogP contribution in [-0.4, -0.2) is 29.9 Å². The summed E-state index contributed by atoms with van der Waals surface area (Å²) in [5.74, 6) is 1.23. The molecule has 19 heavy (non-hydrogen) atoms. The molecule has 1 atom stereocenters. The van der Waals surface area contributed by atoms with Gasteiger partial charge < -0.3 is 10.6 Å². The van der Waals surface area contributed by atoms with Gasteiger partial charge in [-0.15, -0.1) is 0 Å². The molecule has 1 amide bonds. The maximum atomic E-state index is 12.2. The molecular weight excluding hydrogens is 238 g/mol. The van der Waals surface area contributed by atoms with E-state index in [1.165, 1.54) is 0 Å². The molecule has 1 unspecified atom stereocenters. The molecule has 0 aromatic rings. The summed E-state index contributed by atoms with van der Waals surface area (Å²) in [5, 5.41) is 8.64. The van der Waals surface area contributed by atoms with Gasteiger partial charge in [0.15, 0.2) is 0 Å². The topological polar surface area (TPSA) is 70.1 Å². The fourth-order valence-electron chi connectivity index (χ4n) is 2.32. The number of carbonyl (C=O) groups excluding carboxylic acids is 1. The van der Waals surface area contributed by atoms with Gasteiger partial charge in [0.1, 0.15) is 0 Å². The summed E-state index contributed by atoms with van der Waals surface area (Å²) in [7, 11) is 0. The van der Waals surface area contributed by atoms with Crippen molar-refractivity contribution in [3.05, 3.63) is 0 Å². The number of hydrogen-bond acceptors (Lipinski definition) is 3. The minimum Gasteiger partial charge on any atom is -0.339 e. The van der Waals surface area contributed by atoms with Crippen molar-refractivity contribution in [3.63, 3.8) is 0 Å². The number of nitrogens with two attached hydrogens (primary N) is 1. The van der Waals surface area contributed by atoms with Crippen molar-refractivity contribution >= 4 is 5.91 Å². The number of hydrogen-bond donors (Lipinski definition) is 1. The third-order valence-electron chi connectivity index (χ3n) is 3.62. The third kappa shape index (κ3) is 7.17. The van der Waals surface area contributed by atoms with Crippen LogP contribution in [0.25, 0.3) is 0 Å². The Morgan fingerprint density at radius 2 is 1.89 bits per heavy atom. The van der Waals surface area contributed by atoms with Gasteiger partial charge in [0.05, 0.1) is 12.5 Å². The Bertz CT molecular complexity index is 294. The Balaban J connectivity index is 4.35. The van der Waals surface area contributed by atoms with Crippen LogP contribution in [0.4, 0.5) is 0 Å². The van der Waals surface area contributed by atoms with Crippen molar-refractivity contribution in [3.8, 4) is 6.07 Å². The van der Waals surface area contributed by atoms with E-state index in [0.717, 1.165) is 12.8 Å². The second kappa shape index (κ2) is 9.80. The van der Waals surface area contributed by atoms with Crippen LogP contribution in [0.3, 0.4) is 0 Å². The Morgan fingerprint density at radius 3 is 2.32 bits per heavy atom. The van der Waals surface area contributed by atoms with Gasteiger partial charge in [-0.1, -0.05) is 13.8 Å². The first kappa shape index (κ1) is 17.9. The van der Waals surface area contributed by atoms with Gasteiger partial charge in [-0.3, -0.25) is 4.79 Å². The quantitative estimate of drug-likeness (QED) is 0.698. The zero-order chi connectivity index (χ0) is 14.8. The first-order valence-electron chi connectivity index (χ1n) is 7.30. The number of carbonyl (C=O) groups is 1. The number of nitrogens with zero attached hydrogens (tertiary/aromatic N) is 2. The highest BCUT2D eigenvalue weighted by Crippen LogP contribution is 2.21. The summed E-state index contributed by atoms with van der Waals surface area (Å²) in [6.07, 6.45) is 2.83. The zero-order valence-electron chi connectivity index (χ0n) is 12.9. The van der Waals surface area contributed by atoms with Gasteiger partial charge in [-0.25, -0.2) is 0 Å². The fourth-order valence-corrected chi connectivity index (χ4v) is 2.32. The van der Waals surface area contributed by atoms with Crippen molar-refractivity contribution in [2.24, 2.45) is 17.6 Å². The summed E-state index contributed by atoms with van der Waals surface area (Å²) >= 11 is 0. The lowest BCUT2D eigenvalue weighted by molar-refractivity contribution is -0.133. The van der Waals surface area contributed by atoms with Crippen molar-refractivity contribution in [2.45, 2.75) is 59.4 Å². The van der Waals surface area contributed by atoms with Gasteiger partial charge in [-0.2, -0.15) is 5.26 Å². The van der Waals surface area contributed by atoms with E-state index in [-0.39, 0.29) is 11.9 Å². The fraction of sp³-hybridized carbons (Fsp3) is 0.867. The average molecular weight is 267 g/mol. The molecule has 0 heterocycles. The molecule has 0 saturated carbocycles. The summed E-state index contributed by atoms with van der Waals surface area (Å²) < 4.78 is 0. The normalized spacial score (nSPS) is 12.5. The van der Waals surface area contributed by atoms with Crippen LogP contribution >= 0.6 is 0 Å². The lowest BCUT2D eigenvalue weighted by Crippen LogP contribution is -2.37. The SMILES string of the molecule is CC(C)C(CCN)CCC(=O)N(CCC#N)C(C)C. The van der Waals surface area contributed by atoms with Gasteiger partial charge in [-0.05, 0) is 45.1 Å². The van der Waals surface area contributed by atoms with Crippen LogP contribution in [0.5, 0.6) is 0 Å². The highest BCUT2D eigenvalue weighted by Gasteiger charge is 2.19. The Kier molecular flexibility index (Phi) is 9.24. The third-order valence-corrected chi connectivity index (χ3v) is 3.62. The smallest absolute Gasteiger partial charge is 0.222 e. The van der Waals surface area contributed by atoms with Crippen molar-refractivity contribution in [2.75, 3.05) is 13.1 Å². The van der Waals surface area contributed by atoms with E-state index in [4.69, 9.17) is 11.0 Å². The minimum absolute atomic E-state index is 0.160. The first-order chi connectivity index (χ1) is 8.93. The second-order valence-electron chi connectivity index (χ2n) is 5.71. The van der Waals surface area contributed by atoms with Crippen molar-refractivity contribution in [1.29, 1.82) is 5.26 Å². The largest absolute Gasteiger partial charge is 0.339 e. The van der Waals surface area contributed by atoms with E-state index in [1.54, 1.807) is 0 Å². The molecule has 0 saturated heterocycles. The monoisotopic (exact) mass is 267 g/mol. The van der Waals surface area contributed by atoms with E-state index in [0.29, 0.717) is 37.8 Å². The Labute approximate surface area is 118 Å². The maximum absolute atomic E-state index is 12.2. The van der Waals surface area contributed by atoms with E-state index in [1.807, 2.05) is 18.7 Å². The highest BCUT2D eigenvalue weighted by atomic mass is 16.2. The highest BCUT2D eigenvalue weighted by molar-refractivity contribution is 5.76. The van der Waals surface area contributed by atoms with Crippen LogP contribution in [-0.2, 0) is 4.79 Å². The second-order valence-corrected chi connectivity index (χ2v) is 5.71. The lowest BCUT2D eigenvalue weighted by Gasteiger charge is -2.27. The predicted octanol–water partition coefficient (Wildman–Crippen LogP) is 2.54. The van der Waals surface area contributed by atoms with Gasteiger partial charge >= 0.3 is 0 Å². The van der Waals surface area contributed by atoms with Crippen LogP contribution in [0, 0.1) is 23.2 Å². The summed E-state index contributed by atoms with van der Waals surface area (Å²) in [4.78, 5) is 14.0. The van der Waals surface area contributed by atoms with Gasteiger partial charge in [0.2, 0.25) is 5.91 Å². The molecule has 0 aliphatic rings. The molecule has 2 N–H and O–H groups in total. The zero-order valence-corrected chi connectivity index (χ0v) is 12.9. The number of rotatable bonds is 9. The first-order valence-corrected chi connectivity index (χ1v) is 7.30. The van der Waals surface area contributed by atoms with Gasteiger partial charge in [0.25, 0.3) is 0 Å². The molecule has 4 nitrogen and oxygen atoms in total. The van der Waals surface area contributed by atoms with Crippen LogP contribution < -0.4 is 5.73 Å². The molecule has 0 aliphatic heterocycles. The number of amides is 1. The van der Waals surface area contributed by atoms with E-state index >= 15 is 0 Å². The van der Waals surface area contributed by atoms with Gasteiger partial charge in [0, 0.05) is 19.0 Å². The molecule has 0 aliphatic carbocycles. The number of nitriles is 1. The molecule has 0 fully saturated rings. The molecular formula is C15H29N3O. The Morgan fingerprint density at radius 1 is 1.26 bits per heavy atom. The standard InChI is InChI=1S/C15H29N3O/c1-12(2)14(8-10-17)6-7-15(19)18(13(3)4)11-5-9-16/h12-14H,5-8,10-11,17H2,1-4H3. The molecule has 110 valence electrons. The van der Waals surface area contributed by atoms with E-state index < -0.39 is 0 Å². The molecule has 0 aromatic carbocycles. The van der Waals surface area contributed by atoms with Crippen molar-refractivity contribution < 1.29 is 4.79 Å².